The number of rotatable bonds is 6. The van der Waals surface area contributed by atoms with E-state index < -0.39 is 6.36 Å². The minimum atomic E-state index is -4.65. The third kappa shape index (κ3) is 3.88. The highest BCUT2D eigenvalue weighted by Crippen LogP contribution is 2.51. The number of ether oxygens (including phenoxy) is 1. The highest BCUT2D eigenvalue weighted by Gasteiger charge is 2.44. The molecule has 0 amide bonds. The number of halogens is 3. The molecule has 1 saturated carbocycles. The third-order valence-corrected chi connectivity index (χ3v) is 4.11. The van der Waals surface area contributed by atoms with Gasteiger partial charge in [-0.25, -0.2) is 0 Å². The van der Waals surface area contributed by atoms with Gasteiger partial charge >= 0.3 is 6.36 Å². The van der Waals surface area contributed by atoms with Gasteiger partial charge in [-0.1, -0.05) is 32.0 Å². The fraction of sp³-hybridized carbons (Fsp3) is 0.600. The lowest BCUT2D eigenvalue weighted by atomic mass is 9.92. The van der Waals surface area contributed by atoms with Gasteiger partial charge in [0.1, 0.15) is 5.75 Å². The van der Waals surface area contributed by atoms with Gasteiger partial charge < -0.3 is 10.1 Å². The normalized spacial score (nSPS) is 17.3. The second-order valence-corrected chi connectivity index (χ2v) is 5.78. The zero-order chi connectivity index (χ0) is 14.8. The largest absolute Gasteiger partial charge is 0.573 e. The molecule has 2 rings (SSSR count). The van der Waals surface area contributed by atoms with Crippen molar-refractivity contribution in [3.63, 3.8) is 0 Å². The summed E-state index contributed by atoms with van der Waals surface area (Å²) in [7, 11) is 0. The molecule has 0 spiro atoms. The minimum Gasteiger partial charge on any atom is -0.405 e. The Labute approximate surface area is 117 Å². The van der Waals surface area contributed by atoms with E-state index in [9.17, 15) is 13.2 Å². The van der Waals surface area contributed by atoms with Crippen molar-refractivity contribution in [1.82, 2.24) is 5.32 Å². The van der Waals surface area contributed by atoms with Crippen molar-refractivity contribution >= 4 is 0 Å². The SMILES string of the molecule is CC(C)C1(CNCc2ccccc2OC(F)(F)F)CC1. The molecule has 0 atom stereocenters. The molecule has 1 aliphatic rings. The quantitative estimate of drug-likeness (QED) is 0.850. The summed E-state index contributed by atoms with van der Waals surface area (Å²) < 4.78 is 41.0. The molecule has 1 aliphatic carbocycles. The first-order valence-electron chi connectivity index (χ1n) is 6.87. The van der Waals surface area contributed by atoms with Crippen molar-refractivity contribution < 1.29 is 17.9 Å². The number of benzene rings is 1. The summed E-state index contributed by atoms with van der Waals surface area (Å²) in [6, 6.07) is 6.26. The summed E-state index contributed by atoms with van der Waals surface area (Å²) in [6.07, 6.45) is -2.26. The van der Waals surface area contributed by atoms with Crippen molar-refractivity contribution in [2.45, 2.75) is 39.6 Å². The smallest absolute Gasteiger partial charge is 0.405 e. The van der Waals surface area contributed by atoms with E-state index in [1.54, 1.807) is 18.2 Å². The predicted molar refractivity (Wildman–Crippen MR) is 71.3 cm³/mol. The Hall–Kier alpha value is -1.23. The number of hydrogen-bond acceptors (Lipinski definition) is 2. The Morgan fingerprint density at radius 1 is 1.25 bits per heavy atom. The molecule has 1 N–H and O–H groups in total. The zero-order valence-electron chi connectivity index (χ0n) is 11.8. The van der Waals surface area contributed by atoms with Crippen LogP contribution in [0.3, 0.4) is 0 Å². The number of hydrogen-bond donors (Lipinski definition) is 1. The van der Waals surface area contributed by atoms with Crippen molar-refractivity contribution in [3.8, 4) is 5.75 Å². The Morgan fingerprint density at radius 2 is 1.90 bits per heavy atom. The molecule has 20 heavy (non-hydrogen) atoms. The van der Waals surface area contributed by atoms with Gasteiger partial charge in [0.2, 0.25) is 0 Å². The van der Waals surface area contributed by atoms with Crippen LogP contribution in [0, 0.1) is 11.3 Å². The van der Waals surface area contributed by atoms with Crippen molar-refractivity contribution in [2.75, 3.05) is 6.54 Å². The first-order chi connectivity index (χ1) is 9.32. The van der Waals surface area contributed by atoms with Gasteiger partial charge in [0.25, 0.3) is 0 Å². The summed E-state index contributed by atoms with van der Waals surface area (Å²) in [5.41, 5.74) is 0.865. The molecule has 5 heteroatoms. The molecule has 0 heterocycles. The van der Waals surface area contributed by atoms with Crippen LogP contribution in [0.4, 0.5) is 13.2 Å². The molecule has 1 aromatic rings. The van der Waals surface area contributed by atoms with E-state index >= 15 is 0 Å². The summed E-state index contributed by atoms with van der Waals surface area (Å²) in [6.45, 7) is 5.61. The number of nitrogens with one attached hydrogen (secondary N) is 1. The van der Waals surface area contributed by atoms with Gasteiger partial charge in [0.05, 0.1) is 0 Å². The predicted octanol–water partition coefficient (Wildman–Crippen LogP) is 4.11. The summed E-state index contributed by atoms with van der Waals surface area (Å²) >= 11 is 0. The van der Waals surface area contributed by atoms with E-state index in [0.717, 1.165) is 6.54 Å². The number of alkyl halides is 3. The first-order valence-corrected chi connectivity index (χ1v) is 6.87. The maximum atomic E-state index is 12.3. The van der Waals surface area contributed by atoms with Crippen LogP contribution in [0.5, 0.6) is 5.75 Å². The molecule has 0 unspecified atom stereocenters. The third-order valence-electron chi connectivity index (χ3n) is 4.11. The van der Waals surface area contributed by atoms with Gasteiger partial charge in [0, 0.05) is 18.7 Å². The van der Waals surface area contributed by atoms with Crippen molar-refractivity contribution in [2.24, 2.45) is 11.3 Å². The summed E-state index contributed by atoms with van der Waals surface area (Å²) in [5.74, 6) is 0.471. The van der Waals surface area contributed by atoms with Crippen LogP contribution in [0.15, 0.2) is 24.3 Å². The zero-order valence-corrected chi connectivity index (χ0v) is 11.8. The Bertz CT molecular complexity index is 453. The van der Waals surface area contributed by atoms with Crippen LogP contribution in [-0.4, -0.2) is 12.9 Å². The minimum absolute atomic E-state index is 0.123. The molecule has 0 aromatic heterocycles. The second-order valence-electron chi connectivity index (χ2n) is 5.78. The van der Waals surface area contributed by atoms with Gasteiger partial charge in [-0.3, -0.25) is 0 Å². The van der Waals surface area contributed by atoms with Crippen molar-refractivity contribution in [1.29, 1.82) is 0 Å². The average Bonchev–Trinajstić information content (AvgIpc) is 3.10. The molecular formula is C15H20F3NO. The van der Waals surface area contributed by atoms with Crippen LogP contribution in [0.1, 0.15) is 32.3 Å². The van der Waals surface area contributed by atoms with Crippen LogP contribution < -0.4 is 10.1 Å². The van der Waals surface area contributed by atoms with Gasteiger partial charge in [-0.15, -0.1) is 13.2 Å². The van der Waals surface area contributed by atoms with Gasteiger partial charge in [0.15, 0.2) is 0 Å². The fourth-order valence-corrected chi connectivity index (χ4v) is 2.44. The monoisotopic (exact) mass is 287 g/mol. The Balaban J connectivity index is 1.93. The fourth-order valence-electron chi connectivity index (χ4n) is 2.44. The van der Waals surface area contributed by atoms with Crippen LogP contribution in [0.25, 0.3) is 0 Å². The maximum Gasteiger partial charge on any atom is 0.573 e. The second kappa shape index (κ2) is 5.64. The van der Waals surface area contributed by atoms with E-state index in [1.807, 2.05) is 0 Å². The molecule has 0 radical (unpaired) electrons. The highest BCUT2D eigenvalue weighted by molar-refractivity contribution is 5.33. The number of para-hydroxylation sites is 1. The van der Waals surface area contributed by atoms with Crippen LogP contribution in [0.2, 0.25) is 0 Å². The molecule has 2 nitrogen and oxygen atoms in total. The van der Waals surface area contributed by atoms with E-state index in [1.165, 1.54) is 18.9 Å². The lowest BCUT2D eigenvalue weighted by molar-refractivity contribution is -0.274. The van der Waals surface area contributed by atoms with Gasteiger partial charge in [-0.2, -0.15) is 0 Å². The van der Waals surface area contributed by atoms with E-state index in [0.29, 0.717) is 23.4 Å². The average molecular weight is 287 g/mol. The summed E-state index contributed by atoms with van der Waals surface area (Å²) in [5, 5.41) is 3.26. The topological polar surface area (TPSA) is 21.3 Å². The lowest BCUT2D eigenvalue weighted by Crippen LogP contribution is -2.27. The molecular weight excluding hydrogens is 267 g/mol. The Kier molecular flexibility index (Phi) is 4.28. The molecule has 0 aliphatic heterocycles. The summed E-state index contributed by atoms with van der Waals surface area (Å²) in [4.78, 5) is 0. The Morgan fingerprint density at radius 3 is 2.45 bits per heavy atom. The van der Waals surface area contributed by atoms with Crippen LogP contribution in [-0.2, 0) is 6.54 Å². The molecule has 1 fully saturated rings. The van der Waals surface area contributed by atoms with E-state index in [4.69, 9.17) is 0 Å². The maximum absolute atomic E-state index is 12.3. The lowest BCUT2D eigenvalue weighted by Gasteiger charge is -2.20. The molecule has 1 aromatic carbocycles. The standard InChI is InChI=1S/C15H20F3NO/c1-11(2)14(7-8-14)10-19-9-12-5-3-4-6-13(12)20-15(16,17)18/h3-6,11,19H,7-10H2,1-2H3. The van der Waals surface area contributed by atoms with Crippen LogP contribution >= 0.6 is 0 Å². The first kappa shape index (κ1) is 15.2. The highest BCUT2D eigenvalue weighted by atomic mass is 19.4. The van der Waals surface area contributed by atoms with Gasteiger partial charge in [-0.05, 0) is 30.2 Å². The van der Waals surface area contributed by atoms with E-state index in [2.05, 4.69) is 23.9 Å². The van der Waals surface area contributed by atoms with Crippen molar-refractivity contribution in [3.05, 3.63) is 29.8 Å². The molecule has 112 valence electrons. The molecule has 0 saturated heterocycles. The van der Waals surface area contributed by atoms with E-state index in [-0.39, 0.29) is 5.75 Å². The molecule has 0 bridgehead atoms.